The van der Waals surface area contributed by atoms with Gasteiger partial charge in [0.15, 0.2) is 0 Å². The largest absolute Gasteiger partial charge is 0.489 e. The predicted octanol–water partition coefficient (Wildman–Crippen LogP) is 2.70. The molecule has 0 amide bonds. The van der Waals surface area contributed by atoms with Gasteiger partial charge in [-0.25, -0.2) is 0 Å². The van der Waals surface area contributed by atoms with Crippen LogP contribution in [0.1, 0.15) is 18.1 Å². The summed E-state index contributed by atoms with van der Waals surface area (Å²) in [4.78, 5) is 0. The van der Waals surface area contributed by atoms with Crippen molar-refractivity contribution in [3.63, 3.8) is 0 Å². The molecule has 0 spiro atoms. The number of aryl methyl sites for hydroxylation is 1. The molecule has 1 heterocycles. The van der Waals surface area contributed by atoms with Crippen molar-refractivity contribution in [1.29, 1.82) is 0 Å². The molecule has 18 heavy (non-hydrogen) atoms. The van der Waals surface area contributed by atoms with Crippen LogP contribution in [0, 0.1) is 0 Å². The molecule has 0 aliphatic carbocycles. The first-order valence-electron chi connectivity index (χ1n) is 5.85. The van der Waals surface area contributed by atoms with E-state index in [0.29, 0.717) is 13.2 Å². The van der Waals surface area contributed by atoms with Crippen molar-refractivity contribution in [2.75, 3.05) is 0 Å². The second kappa shape index (κ2) is 6.02. The fourth-order valence-corrected chi connectivity index (χ4v) is 2.03. The van der Waals surface area contributed by atoms with E-state index in [1.165, 1.54) is 0 Å². The van der Waals surface area contributed by atoms with Gasteiger partial charge in [0, 0.05) is 29.3 Å². The molecular formula is C13H16BrN3O. The molecular weight excluding hydrogens is 294 g/mol. The summed E-state index contributed by atoms with van der Waals surface area (Å²) >= 11 is 3.45. The van der Waals surface area contributed by atoms with E-state index >= 15 is 0 Å². The van der Waals surface area contributed by atoms with Crippen LogP contribution in [0.2, 0.25) is 0 Å². The van der Waals surface area contributed by atoms with Crippen molar-refractivity contribution in [1.82, 2.24) is 9.78 Å². The van der Waals surface area contributed by atoms with Crippen LogP contribution in [0.5, 0.6) is 5.75 Å². The summed E-state index contributed by atoms with van der Waals surface area (Å²) in [6.45, 7) is 3.94. The lowest BCUT2D eigenvalue weighted by Crippen LogP contribution is -1.99. The topological polar surface area (TPSA) is 53.1 Å². The number of nitrogens with two attached hydrogens (primary N) is 1. The Morgan fingerprint density at radius 2 is 2.28 bits per heavy atom. The van der Waals surface area contributed by atoms with Crippen molar-refractivity contribution in [3.05, 3.63) is 46.2 Å². The number of hydrogen-bond donors (Lipinski definition) is 1. The number of aromatic nitrogens is 2. The minimum absolute atomic E-state index is 0.492. The Hall–Kier alpha value is -1.33. The monoisotopic (exact) mass is 309 g/mol. The Kier molecular flexibility index (Phi) is 4.38. The van der Waals surface area contributed by atoms with E-state index < -0.39 is 0 Å². The Labute approximate surface area is 115 Å². The first-order valence-corrected chi connectivity index (χ1v) is 6.65. The number of hydrogen-bond acceptors (Lipinski definition) is 3. The van der Waals surface area contributed by atoms with Gasteiger partial charge in [0.05, 0.1) is 6.20 Å². The zero-order valence-electron chi connectivity index (χ0n) is 10.3. The van der Waals surface area contributed by atoms with Gasteiger partial charge < -0.3 is 10.5 Å². The summed E-state index contributed by atoms with van der Waals surface area (Å²) in [6, 6.07) is 5.83. The molecule has 0 saturated heterocycles. The summed E-state index contributed by atoms with van der Waals surface area (Å²) in [5, 5.41) is 4.20. The lowest BCUT2D eigenvalue weighted by Gasteiger charge is -2.07. The maximum absolute atomic E-state index is 5.72. The number of halogens is 1. The van der Waals surface area contributed by atoms with E-state index in [0.717, 1.165) is 27.9 Å². The van der Waals surface area contributed by atoms with Gasteiger partial charge in [-0.15, -0.1) is 0 Å². The SMILES string of the molecule is CCn1cc(COc2ccc(Br)c(CN)c2)cn1. The van der Waals surface area contributed by atoms with E-state index in [2.05, 4.69) is 28.0 Å². The van der Waals surface area contributed by atoms with Gasteiger partial charge in [-0.3, -0.25) is 4.68 Å². The fourth-order valence-electron chi connectivity index (χ4n) is 1.62. The summed E-state index contributed by atoms with van der Waals surface area (Å²) in [6.07, 6.45) is 3.81. The predicted molar refractivity (Wildman–Crippen MR) is 74.3 cm³/mol. The van der Waals surface area contributed by atoms with Gasteiger partial charge in [0.25, 0.3) is 0 Å². The molecule has 0 saturated carbocycles. The highest BCUT2D eigenvalue weighted by Crippen LogP contribution is 2.22. The quantitative estimate of drug-likeness (QED) is 0.924. The molecule has 5 heteroatoms. The molecule has 96 valence electrons. The smallest absolute Gasteiger partial charge is 0.120 e. The Balaban J connectivity index is 2.01. The van der Waals surface area contributed by atoms with Crippen molar-refractivity contribution < 1.29 is 4.74 Å². The van der Waals surface area contributed by atoms with Gasteiger partial charge in [0.2, 0.25) is 0 Å². The van der Waals surface area contributed by atoms with Gasteiger partial charge in [-0.2, -0.15) is 5.10 Å². The van der Waals surface area contributed by atoms with Crippen LogP contribution in [-0.4, -0.2) is 9.78 Å². The molecule has 1 aromatic carbocycles. The molecule has 0 aliphatic rings. The molecule has 4 nitrogen and oxygen atoms in total. The zero-order chi connectivity index (χ0) is 13.0. The summed E-state index contributed by atoms with van der Waals surface area (Å²) in [7, 11) is 0. The molecule has 2 N–H and O–H groups in total. The molecule has 0 bridgehead atoms. The molecule has 0 fully saturated rings. The lowest BCUT2D eigenvalue weighted by atomic mass is 10.2. The third kappa shape index (κ3) is 3.11. The first kappa shape index (κ1) is 13.1. The normalized spacial score (nSPS) is 10.6. The average molecular weight is 310 g/mol. The Bertz CT molecular complexity index is 525. The van der Waals surface area contributed by atoms with Crippen molar-refractivity contribution >= 4 is 15.9 Å². The molecule has 0 radical (unpaired) electrons. The van der Waals surface area contributed by atoms with Gasteiger partial charge in [-0.05, 0) is 30.7 Å². The number of rotatable bonds is 5. The summed E-state index contributed by atoms with van der Waals surface area (Å²) in [5.74, 6) is 0.822. The van der Waals surface area contributed by atoms with Gasteiger partial charge >= 0.3 is 0 Å². The standard InChI is InChI=1S/C13H16BrN3O/c1-2-17-8-10(7-16-17)9-18-12-3-4-13(14)11(5-12)6-15/h3-5,7-8H,2,6,9,15H2,1H3. The lowest BCUT2D eigenvalue weighted by molar-refractivity contribution is 0.305. The van der Waals surface area contributed by atoms with Crippen LogP contribution in [0.4, 0.5) is 0 Å². The van der Waals surface area contributed by atoms with Gasteiger partial charge in [0.1, 0.15) is 12.4 Å². The fraction of sp³-hybridized carbons (Fsp3) is 0.308. The van der Waals surface area contributed by atoms with Gasteiger partial charge in [-0.1, -0.05) is 15.9 Å². The third-order valence-electron chi connectivity index (χ3n) is 2.65. The Morgan fingerprint density at radius 3 is 2.94 bits per heavy atom. The van der Waals surface area contributed by atoms with Crippen LogP contribution in [0.3, 0.4) is 0 Å². The Morgan fingerprint density at radius 1 is 1.44 bits per heavy atom. The second-order valence-electron chi connectivity index (χ2n) is 3.95. The number of nitrogens with zero attached hydrogens (tertiary/aromatic N) is 2. The molecule has 2 aromatic rings. The third-order valence-corrected chi connectivity index (χ3v) is 3.43. The highest BCUT2D eigenvalue weighted by molar-refractivity contribution is 9.10. The number of benzene rings is 1. The van der Waals surface area contributed by atoms with E-state index in [-0.39, 0.29) is 0 Å². The highest BCUT2D eigenvalue weighted by atomic mass is 79.9. The second-order valence-corrected chi connectivity index (χ2v) is 4.80. The van der Waals surface area contributed by atoms with Crippen molar-refractivity contribution in [2.45, 2.75) is 26.6 Å². The summed E-state index contributed by atoms with van der Waals surface area (Å²) < 4.78 is 8.61. The molecule has 0 unspecified atom stereocenters. The maximum Gasteiger partial charge on any atom is 0.120 e. The zero-order valence-corrected chi connectivity index (χ0v) is 11.9. The number of ether oxygens (including phenoxy) is 1. The molecule has 1 aromatic heterocycles. The van der Waals surface area contributed by atoms with E-state index in [1.54, 1.807) is 0 Å². The highest BCUT2D eigenvalue weighted by Gasteiger charge is 2.02. The molecule has 0 atom stereocenters. The van der Waals surface area contributed by atoms with E-state index in [1.807, 2.05) is 35.3 Å². The molecule has 0 aliphatic heterocycles. The van der Waals surface area contributed by atoms with Crippen LogP contribution >= 0.6 is 15.9 Å². The first-order chi connectivity index (χ1) is 8.72. The minimum Gasteiger partial charge on any atom is -0.489 e. The van der Waals surface area contributed by atoms with Crippen LogP contribution in [-0.2, 0) is 19.7 Å². The average Bonchev–Trinajstić information content (AvgIpc) is 2.86. The van der Waals surface area contributed by atoms with Crippen LogP contribution in [0.15, 0.2) is 35.1 Å². The molecule has 2 rings (SSSR count). The summed E-state index contributed by atoms with van der Waals surface area (Å²) in [5.41, 5.74) is 7.75. The van der Waals surface area contributed by atoms with Crippen molar-refractivity contribution in [3.8, 4) is 5.75 Å². The van der Waals surface area contributed by atoms with E-state index in [9.17, 15) is 0 Å². The van der Waals surface area contributed by atoms with Crippen LogP contribution < -0.4 is 10.5 Å². The van der Waals surface area contributed by atoms with Crippen LogP contribution in [0.25, 0.3) is 0 Å². The minimum atomic E-state index is 0.492. The maximum atomic E-state index is 5.72. The van der Waals surface area contributed by atoms with Crippen molar-refractivity contribution in [2.24, 2.45) is 5.73 Å². The van der Waals surface area contributed by atoms with E-state index in [4.69, 9.17) is 10.5 Å².